The summed E-state index contributed by atoms with van der Waals surface area (Å²) in [7, 11) is 0. The molecular formula is C25H32ClN3O3S. The van der Waals surface area contributed by atoms with Crippen molar-refractivity contribution in [2.45, 2.75) is 51.5 Å². The number of carbonyl (C=O) groups excluding carboxylic acids is 1. The van der Waals surface area contributed by atoms with E-state index in [0.717, 1.165) is 36.9 Å². The van der Waals surface area contributed by atoms with Crippen LogP contribution in [0.3, 0.4) is 0 Å². The van der Waals surface area contributed by atoms with Crippen LogP contribution in [0.25, 0.3) is 6.08 Å². The first-order valence-corrected chi connectivity index (χ1v) is 13.0. The van der Waals surface area contributed by atoms with Crippen LogP contribution in [0.1, 0.15) is 50.3 Å². The summed E-state index contributed by atoms with van der Waals surface area (Å²) in [5.41, 5.74) is 0. The highest BCUT2D eigenvalue weighted by Gasteiger charge is 2.22. The highest BCUT2D eigenvalue weighted by atomic mass is 35.5. The third-order valence-electron chi connectivity index (χ3n) is 5.83. The molecule has 1 aliphatic heterocycles. The van der Waals surface area contributed by atoms with E-state index in [0.29, 0.717) is 28.3 Å². The Balaban J connectivity index is 1.21. The normalized spacial score (nSPS) is 17.8. The van der Waals surface area contributed by atoms with Crippen molar-refractivity contribution in [2.24, 2.45) is 5.92 Å². The minimum atomic E-state index is -0.0528. The van der Waals surface area contributed by atoms with Crippen LogP contribution in [-0.2, 0) is 4.79 Å². The fraction of sp³-hybridized carbons (Fsp3) is 0.520. The van der Waals surface area contributed by atoms with Crippen LogP contribution in [0.15, 0.2) is 30.5 Å². The Morgan fingerprint density at radius 1 is 1.33 bits per heavy atom. The molecule has 1 saturated heterocycles. The molecule has 33 heavy (non-hydrogen) atoms. The number of hydrogen-bond donors (Lipinski definition) is 1. The fourth-order valence-corrected chi connectivity index (χ4v) is 4.60. The number of ether oxygens (including phenoxy) is 2. The maximum Gasteiger partial charge on any atom is 0.279 e. The number of nitrogens with one attached hydrogen (secondary N) is 1. The number of amides is 1. The lowest BCUT2D eigenvalue weighted by Gasteiger charge is -2.26. The molecule has 1 saturated carbocycles. The molecule has 6 nitrogen and oxygen atoms in total. The Morgan fingerprint density at radius 2 is 2.15 bits per heavy atom. The molecule has 1 N–H and O–H groups in total. The largest absolute Gasteiger partial charge is 0.493 e. The van der Waals surface area contributed by atoms with Gasteiger partial charge in [0, 0.05) is 31.3 Å². The van der Waals surface area contributed by atoms with Gasteiger partial charge in [0.15, 0.2) is 0 Å². The SMILES string of the molecule is C[C@@H](/C=C/c1cnc(Oc2ccc(OCC3CC3)cc2Cl)s1)NC(=O)CCN1CCCCC1. The second-order valence-corrected chi connectivity index (χ2v) is 10.3. The van der Waals surface area contributed by atoms with Crippen molar-refractivity contribution in [3.63, 3.8) is 0 Å². The van der Waals surface area contributed by atoms with Crippen LogP contribution in [0.2, 0.25) is 5.02 Å². The van der Waals surface area contributed by atoms with Gasteiger partial charge in [-0.05, 0) is 69.8 Å². The molecule has 2 heterocycles. The van der Waals surface area contributed by atoms with Gasteiger partial charge in [0.1, 0.15) is 11.5 Å². The van der Waals surface area contributed by atoms with Crippen LogP contribution >= 0.6 is 22.9 Å². The van der Waals surface area contributed by atoms with Crippen molar-refractivity contribution in [2.75, 3.05) is 26.2 Å². The highest BCUT2D eigenvalue weighted by molar-refractivity contribution is 7.14. The number of piperidine rings is 1. The van der Waals surface area contributed by atoms with E-state index < -0.39 is 0 Å². The molecule has 1 aromatic heterocycles. The van der Waals surface area contributed by atoms with Gasteiger partial charge in [-0.2, -0.15) is 0 Å². The number of benzene rings is 1. The Morgan fingerprint density at radius 3 is 2.91 bits per heavy atom. The van der Waals surface area contributed by atoms with Crippen molar-refractivity contribution in [1.29, 1.82) is 0 Å². The number of thiazole rings is 1. The smallest absolute Gasteiger partial charge is 0.279 e. The van der Waals surface area contributed by atoms with Crippen LogP contribution < -0.4 is 14.8 Å². The highest BCUT2D eigenvalue weighted by Crippen LogP contribution is 2.35. The Kier molecular flexibility index (Phi) is 8.64. The van der Waals surface area contributed by atoms with Gasteiger partial charge >= 0.3 is 0 Å². The molecule has 2 fully saturated rings. The fourth-order valence-electron chi connectivity index (χ4n) is 3.70. The van der Waals surface area contributed by atoms with Crippen LogP contribution in [0.5, 0.6) is 16.7 Å². The van der Waals surface area contributed by atoms with E-state index in [-0.39, 0.29) is 11.9 Å². The van der Waals surface area contributed by atoms with Gasteiger partial charge in [-0.1, -0.05) is 35.4 Å². The molecule has 0 unspecified atom stereocenters. The minimum absolute atomic E-state index is 0.0528. The summed E-state index contributed by atoms with van der Waals surface area (Å²) in [6, 6.07) is 5.41. The molecule has 1 amide bonds. The first kappa shape index (κ1) is 24.0. The van der Waals surface area contributed by atoms with Gasteiger partial charge < -0.3 is 19.7 Å². The number of rotatable bonds is 11. The standard InChI is InChI=1S/C25H32ClN3O3S/c1-18(28-24(30)11-14-29-12-3-2-4-13-29)5-9-21-16-27-25(33-21)32-23-10-8-20(15-22(23)26)31-17-19-6-7-19/h5,8-10,15-16,18-19H,2-4,6-7,11-14,17H2,1H3,(H,28,30)/b9-5+/t18-/m0/s1. The molecule has 2 aliphatic rings. The first-order chi connectivity index (χ1) is 16.0. The maximum atomic E-state index is 12.2. The quantitative estimate of drug-likeness (QED) is 0.434. The molecular weight excluding hydrogens is 458 g/mol. The molecule has 1 aliphatic carbocycles. The summed E-state index contributed by atoms with van der Waals surface area (Å²) in [4.78, 5) is 19.9. The summed E-state index contributed by atoms with van der Waals surface area (Å²) < 4.78 is 11.6. The Bertz CT molecular complexity index is 954. The Labute approximate surface area is 204 Å². The van der Waals surface area contributed by atoms with Crippen molar-refractivity contribution >= 4 is 34.9 Å². The average Bonchev–Trinajstić information content (AvgIpc) is 3.54. The number of halogens is 1. The average molecular weight is 490 g/mol. The molecule has 0 spiro atoms. The van der Waals surface area contributed by atoms with Gasteiger partial charge in [0.25, 0.3) is 5.19 Å². The molecule has 1 aromatic carbocycles. The van der Waals surface area contributed by atoms with Crippen LogP contribution in [-0.4, -0.2) is 48.1 Å². The zero-order valence-corrected chi connectivity index (χ0v) is 20.7. The summed E-state index contributed by atoms with van der Waals surface area (Å²) in [6.45, 7) is 5.79. The lowest BCUT2D eigenvalue weighted by Crippen LogP contribution is -2.36. The first-order valence-electron chi connectivity index (χ1n) is 11.8. The molecule has 8 heteroatoms. The van der Waals surface area contributed by atoms with Gasteiger partial charge in [-0.15, -0.1) is 0 Å². The lowest BCUT2D eigenvalue weighted by atomic mass is 10.1. The molecule has 0 radical (unpaired) electrons. The second-order valence-electron chi connectivity index (χ2n) is 8.84. The van der Waals surface area contributed by atoms with E-state index in [2.05, 4.69) is 15.2 Å². The van der Waals surface area contributed by atoms with E-state index in [1.54, 1.807) is 12.3 Å². The molecule has 4 rings (SSSR count). The van der Waals surface area contributed by atoms with Crippen molar-refractivity contribution in [3.05, 3.63) is 40.4 Å². The number of likely N-dealkylation sites (tertiary alicyclic amines) is 1. The topological polar surface area (TPSA) is 63.7 Å². The second kappa shape index (κ2) is 11.9. The molecule has 0 bridgehead atoms. The zero-order chi connectivity index (χ0) is 23.0. The number of carbonyl (C=O) groups is 1. The summed E-state index contributed by atoms with van der Waals surface area (Å²) in [5.74, 6) is 2.09. The lowest BCUT2D eigenvalue weighted by molar-refractivity contribution is -0.121. The van der Waals surface area contributed by atoms with E-state index >= 15 is 0 Å². The van der Waals surface area contributed by atoms with Gasteiger partial charge in [-0.3, -0.25) is 4.79 Å². The van der Waals surface area contributed by atoms with Crippen LogP contribution in [0, 0.1) is 5.92 Å². The maximum absolute atomic E-state index is 12.2. The van der Waals surface area contributed by atoms with E-state index in [4.69, 9.17) is 21.1 Å². The van der Waals surface area contributed by atoms with E-state index in [1.807, 2.05) is 31.2 Å². The van der Waals surface area contributed by atoms with Crippen molar-refractivity contribution < 1.29 is 14.3 Å². The molecule has 178 valence electrons. The number of nitrogens with zero attached hydrogens (tertiary/aromatic N) is 2. The van der Waals surface area contributed by atoms with Crippen molar-refractivity contribution in [1.82, 2.24) is 15.2 Å². The van der Waals surface area contributed by atoms with Gasteiger partial charge in [-0.25, -0.2) is 4.98 Å². The number of hydrogen-bond acceptors (Lipinski definition) is 6. The summed E-state index contributed by atoms with van der Waals surface area (Å²) in [5, 5.41) is 4.05. The van der Waals surface area contributed by atoms with Gasteiger partial charge in [0.05, 0.1) is 16.5 Å². The molecule has 2 aromatic rings. The third-order valence-corrected chi connectivity index (χ3v) is 6.96. The van der Waals surface area contributed by atoms with Crippen molar-refractivity contribution in [3.8, 4) is 16.7 Å². The van der Waals surface area contributed by atoms with E-state index in [1.165, 1.54) is 43.4 Å². The number of aromatic nitrogens is 1. The molecule has 1 atom stereocenters. The van der Waals surface area contributed by atoms with Gasteiger partial charge in [0.2, 0.25) is 5.91 Å². The predicted octanol–water partition coefficient (Wildman–Crippen LogP) is 5.77. The zero-order valence-electron chi connectivity index (χ0n) is 19.1. The minimum Gasteiger partial charge on any atom is -0.493 e. The monoisotopic (exact) mass is 489 g/mol. The predicted molar refractivity (Wildman–Crippen MR) is 133 cm³/mol. The third kappa shape index (κ3) is 8.02. The Hall–Kier alpha value is -2.09. The summed E-state index contributed by atoms with van der Waals surface area (Å²) in [6.07, 6.45) is 12.5. The van der Waals surface area contributed by atoms with Crippen LogP contribution in [0.4, 0.5) is 0 Å². The van der Waals surface area contributed by atoms with E-state index in [9.17, 15) is 4.79 Å². The summed E-state index contributed by atoms with van der Waals surface area (Å²) >= 11 is 7.78.